The molecule has 3 rings (SSSR count). The van der Waals surface area contributed by atoms with Gasteiger partial charge < -0.3 is 15.8 Å². The number of nitrogens with zero attached hydrogens (tertiary/aromatic N) is 2. The monoisotopic (exact) mass is 384 g/mol. The maximum Gasteiger partial charge on any atom is 0.265 e. The molecule has 0 aliphatic heterocycles. The highest BCUT2D eigenvalue weighted by atomic mass is 35.5. The minimum atomic E-state index is -0.862. The van der Waals surface area contributed by atoms with Crippen LogP contribution in [0.25, 0.3) is 5.69 Å². The number of aromatic nitrogens is 2. The van der Waals surface area contributed by atoms with Crippen LogP contribution < -0.4 is 15.8 Å². The van der Waals surface area contributed by atoms with E-state index in [1.165, 1.54) is 6.07 Å². The molecule has 3 N–H and O–H groups in total. The maximum atomic E-state index is 12.4. The third kappa shape index (κ3) is 4.45. The highest BCUT2D eigenvalue weighted by Crippen LogP contribution is 2.25. The largest absolute Gasteiger partial charge is 0.462 e. The van der Waals surface area contributed by atoms with Crippen molar-refractivity contribution in [2.45, 2.75) is 13.0 Å². The van der Waals surface area contributed by atoms with E-state index in [1.807, 2.05) is 30.3 Å². The Morgan fingerprint density at radius 1 is 1.19 bits per heavy atom. The summed E-state index contributed by atoms with van der Waals surface area (Å²) < 4.78 is 7.16. The molecular weight excluding hydrogens is 368 g/mol. The van der Waals surface area contributed by atoms with Gasteiger partial charge in [-0.25, -0.2) is 4.68 Å². The Hall–Kier alpha value is -3.32. The summed E-state index contributed by atoms with van der Waals surface area (Å²) >= 11 is 6.17. The first-order valence-corrected chi connectivity index (χ1v) is 8.50. The van der Waals surface area contributed by atoms with E-state index < -0.39 is 17.9 Å². The van der Waals surface area contributed by atoms with E-state index in [9.17, 15) is 9.59 Å². The molecule has 0 unspecified atom stereocenters. The predicted molar refractivity (Wildman–Crippen MR) is 102 cm³/mol. The molecule has 27 heavy (non-hydrogen) atoms. The number of hydrogen-bond donors (Lipinski definition) is 2. The molecule has 0 aliphatic rings. The average Bonchev–Trinajstić information content (AvgIpc) is 3.03. The molecule has 0 radical (unpaired) electrons. The molecule has 138 valence electrons. The zero-order valence-electron chi connectivity index (χ0n) is 14.4. The molecule has 2 amide bonds. The number of carbonyl (C=O) groups excluding carboxylic acids is 2. The Morgan fingerprint density at radius 3 is 2.63 bits per heavy atom. The van der Waals surface area contributed by atoms with Gasteiger partial charge in [0.05, 0.1) is 11.9 Å². The van der Waals surface area contributed by atoms with Crippen molar-refractivity contribution in [3.8, 4) is 11.6 Å². The Morgan fingerprint density at radius 2 is 1.93 bits per heavy atom. The van der Waals surface area contributed by atoms with Gasteiger partial charge in [0, 0.05) is 11.3 Å². The summed E-state index contributed by atoms with van der Waals surface area (Å²) in [6.07, 6.45) is 0.742. The summed E-state index contributed by atoms with van der Waals surface area (Å²) in [6, 6.07) is 15.7. The van der Waals surface area contributed by atoms with Crippen LogP contribution in [0.3, 0.4) is 0 Å². The molecule has 0 aliphatic carbocycles. The van der Waals surface area contributed by atoms with E-state index in [0.29, 0.717) is 11.3 Å². The number of ether oxygens (including phenoxy) is 1. The number of para-hydroxylation sites is 1. The van der Waals surface area contributed by atoms with Gasteiger partial charge in [-0.3, -0.25) is 9.59 Å². The van der Waals surface area contributed by atoms with Crippen LogP contribution in [-0.2, 0) is 4.79 Å². The van der Waals surface area contributed by atoms with Crippen LogP contribution in [0.4, 0.5) is 5.69 Å². The zero-order valence-corrected chi connectivity index (χ0v) is 15.2. The summed E-state index contributed by atoms with van der Waals surface area (Å²) in [5, 5.41) is 7.22. The quantitative estimate of drug-likeness (QED) is 0.682. The van der Waals surface area contributed by atoms with E-state index in [2.05, 4.69) is 10.4 Å². The molecule has 1 aromatic heterocycles. The molecular formula is C19H17ClN4O3. The van der Waals surface area contributed by atoms with Crippen molar-refractivity contribution in [2.24, 2.45) is 5.73 Å². The lowest BCUT2D eigenvalue weighted by Crippen LogP contribution is -2.30. The lowest BCUT2D eigenvalue weighted by Gasteiger charge is -2.13. The van der Waals surface area contributed by atoms with Gasteiger partial charge >= 0.3 is 0 Å². The molecule has 3 aromatic rings. The fraction of sp³-hybridized carbons (Fsp3) is 0.105. The summed E-state index contributed by atoms with van der Waals surface area (Å²) in [7, 11) is 0. The number of nitrogens with two attached hydrogens (primary N) is 1. The number of carbonyl (C=O) groups is 2. The Balaban J connectivity index is 1.69. The number of benzene rings is 2. The third-order valence-corrected chi connectivity index (χ3v) is 3.99. The normalized spacial score (nSPS) is 11.6. The van der Waals surface area contributed by atoms with Gasteiger partial charge in [0.25, 0.3) is 11.8 Å². The second-order valence-corrected chi connectivity index (χ2v) is 6.16. The lowest BCUT2D eigenvalue weighted by molar-refractivity contribution is -0.122. The second kappa shape index (κ2) is 7.92. The number of rotatable bonds is 6. The van der Waals surface area contributed by atoms with E-state index in [-0.39, 0.29) is 10.9 Å². The molecule has 0 saturated carbocycles. The van der Waals surface area contributed by atoms with E-state index >= 15 is 0 Å². The molecule has 1 atom stereocenters. The number of amides is 2. The van der Waals surface area contributed by atoms with Crippen molar-refractivity contribution in [1.29, 1.82) is 0 Å². The topological polar surface area (TPSA) is 99.2 Å². The van der Waals surface area contributed by atoms with Gasteiger partial charge in [-0.1, -0.05) is 35.9 Å². The van der Waals surface area contributed by atoms with Crippen molar-refractivity contribution < 1.29 is 14.3 Å². The molecule has 8 heteroatoms. The van der Waals surface area contributed by atoms with E-state index in [4.69, 9.17) is 22.1 Å². The summed E-state index contributed by atoms with van der Waals surface area (Å²) in [4.78, 5) is 23.6. The lowest BCUT2D eigenvalue weighted by atomic mass is 10.2. The molecule has 2 aromatic carbocycles. The van der Waals surface area contributed by atoms with Crippen molar-refractivity contribution in [3.63, 3.8) is 0 Å². The minimum Gasteiger partial charge on any atom is -0.462 e. The molecule has 0 fully saturated rings. The highest BCUT2D eigenvalue weighted by Gasteiger charge is 2.19. The molecule has 0 spiro atoms. The van der Waals surface area contributed by atoms with Crippen molar-refractivity contribution in [1.82, 2.24) is 9.78 Å². The zero-order chi connectivity index (χ0) is 19.4. The average molecular weight is 385 g/mol. The van der Waals surface area contributed by atoms with Gasteiger partial charge in [0.1, 0.15) is 5.02 Å². The summed E-state index contributed by atoms with van der Waals surface area (Å²) in [5.41, 5.74) is 6.79. The molecule has 0 bridgehead atoms. The van der Waals surface area contributed by atoms with Crippen LogP contribution in [0.15, 0.2) is 60.8 Å². The van der Waals surface area contributed by atoms with Crippen molar-refractivity contribution >= 4 is 29.1 Å². The maximum absolute atomic E-state index is 12.4. The number of halogens is 1. The Bertz CT molecular complexity index is 972. The highest BCUT2D eigenvalue weighted by molar-refractivity contribution is 6.31. The Labute approximate surface area is 160 Å². The molecule has 1 heterocycles. The third-order valence-electron chi connectivity index (χ3n) is 3.73. The van der Waals surface area contributed by atoms with Gasteiger partial charge in [-0.15, -0.1) is 5.10 Å². The van der Waals surface area contributed by atoms with Crippen LogP contribution in [0.5, 0.6) is 5.88 Å². The van der Waals surface area contributed by atoms with Gasteiger partial charge in [-0.2, -0.15) is 0 Å². The first-order valence-electron chi connectivity index (χ1n) is 8.12. The first-order chi connectivity index (χ1) is 12.9. The summed E-state index contributed by atoms with van der Waals surface area (Å²) in [6.45, 7) is 1.57. The van der Waals surface area contributed by atoms with Gasteiger partial charge in [0.2, 0.25) is 5.91 Å². The second-order valence-electron chi connectivity index (χ2n) is 5.76. The van der Waals surface area contributed by atoms with Crippen LogP contribution in [-0.4, -0.2) is 27.7 Å². The number of nitrogens with one attached hydrogen (secondary N) is 1. The minimum absolute atomic E-state index is 0.147. The van der Waals surface area contributed by atoms with Crippen molar-refractivity contribution in [3.05, 3.63) is 71.4 Å². The Kier molecular flexibility index (Phi) is 5.42. The standard InChI is InChI=1S/C19H17ClN4O3/c1-12(18(26)22-14-7-5-6-13(10-14)17(21)25)27-19-16(20)11-24(23-19)15-8-3-2-4-9-15/h2-12H,1H3,(H2,21,25)(H,22,26)/t12-/m1/s1. The first kappa shape index (κ1) is 18.5. The fourth-order valence-corrected chi connectivity index (χ4v) is 2.52. The van der Waals surface area contributed by atoms with Crippen LogP contribution >= 0.6 is 11.6 Å². The van der Waals surface area contributed by atoms with Gasteiger partial charge in [0.15, 0.2) is 6.10 Å². The van der Waals surface area contributed by atoms with Crippen LogP contribution in [0.1, 0.15) is 17.3 Å². The summed E-state index contributed by atoms with van der Waals surface area (Å²) in [5.74, 6) is -0.843. The number of anilines is 1. The molecule has 7 nitrogen and oxygen atoms in total. The van der Waals surface area contributed by atoms with Crippen LogP contribution in [0, 0.1) is 0 Å². The smallest absolute Gasteiger partial charge is 0.265 e. The van der Waals surface area contributed by atoms with Crippen molar-refractivity contribution in [2.75, 3.05) is 5.32 Å². The van der Waals surface area contributed by atoms with Gasteiger partial charge in [-0.05, 0) is 37.3 Å². The number of primary amides is 1. The number of hydrogen-bond acceptors (Lipinski definition) is 4. The van der Waals surface area contributed by atoms with E-state index in [1.54, 1.807) is 36.0 Å². The van der Waals surface area contributed by atoms with Crippen LogP contribution in [0.2, 0.25) is 5.02 Å². The predicted octanol–water partition coefficient (Wildman–Crippen LogP) is 3.03. The van der Waals surface area contributed by atoms with E-state index in [0.717, 1.165) is 5.69 Å². The molecule has 0 saturated heterocycles. The SMILES string of the molecule is C[C@@H](Oc1nn(-c2ccccc2)cc1Cl)C(=O)Nc1cccc(C(N)=O)c1. The fourth-order valence-electron chi connectivity index (χ4n) is 2.34.